The molecule has 44 heavy (non-hydrogen) atoms. The van der Waals surface area contributed by atoms with Crippen molar-refractivity contribution in [3.05, 3.63) is 100 Å². The van der Waals surface area contributed by atoms with E-state index in [0.29, 0.717) is 59.1 Å². The quantitative estimate of drug-likeness (QED) is 0.223. The summed E-state index contributed by atoms with van der Waals surface area (Å²) in [5, 5.41) is 4.01. The van der Waals surface area contributed by atoms with Gasteiger partial charge in [0.15, 0.2) is 28.5 Å². The van der Waals surface area contributed by atoms with Gasteiger partial charge in [0.1, 0.15) is 11.6 Å². The predicted octanol–water partition coefficient (Wildman–Crippen LogP) is 5.36. The Bertz CT molecular complexity index is 1830. The van der Waals surface area contributed by atoms with Crippen LogP contribution in [0.5, 0.6) is 11.5 Å². The second kappa shape index (κ2) is 12.3. The maximum atomic E-state index is 13.7. The summed E-state index contributed by atoms with van der Waals surface area (Å²) in [6.07, 6.45) is 1.70. The highest BCUT2D eigenvalue weighted by Gasteiger charge is 2.19. The molecule has 226 valence electrons. The van der Waals surface area contributed by atoms with Crippen LogP contribution in [0.2, 0.25) is 5.02 Å². The second-order valence-electron chi connectivity index (χ2n) is 10.4. The highest BCUT2D eigenvalue weighted by atomic mass is 35.5. The van der Waals surface area contributed by atoms with Gasteiger partial charge in [-0.2, -0.15) is 9.97 Å². The van der Waals surface area contributed by atoms with Crippen molar-refractivity contribution >= 4 is 40.4 Å². The number of likely N-dealkylation sites (N-methyl/N-ethyl adjacent to an activating group) is 2. The Kier molecular flexibility index (Phi) is 8.16. The molecule has 0 saturated carbocycles. The lowest BCUT2D eigenvalue weighted by Gasteiger charge is -2.23. The smallest absolute Gasteiger partial charge is 0.253 e. The van der Waals surface area contributed by atoms with Gasteiger partial charge in [-0.1, -0.05) is 35.9 Å². The van der Waals surface area contributed by atoms with Crippen LogP contribution in [0.25, 0.3) is 11.2 Å². The van der Waals surface area contributed by atoms with E-state index in [2.05, 4.69) is 10.3 Å². The number of nitrogens with zero attached hydrogens (tertiary/aromatic N) is 6. The van der Waals surface area contributed by atoms with Crippen molar-refractivity contribution in [2.24, 2.45) is 0 Å². The Hall–Kier alpha value is -4.97. The molecule has 1 aliphatic rings. The Labute approximate surface area is 256 Å². The van der Waals surface area contributed by atoms with Crippen molar-refractivity contribution in [2.45, 2.75) is 13.1 Å². The van der Waals surface area contributed by atoms with Crippen LogP contribution in [-0.4, -0.2) is 64.3 Å². The van der Waals surface area contributed by atoms with Crippen LogP contribution >= 0.6 is 11.6 Å². The molecule has 13 heteroatoms. The van der Waals surface area contributed by atoms with E-state index >= 15 is 0 Å². The highest BCUT2D eigenvalue weighted by molar-refractivity contribution is 6.31. The fourth-order valence-corrected chi connectivity index (χ4v) is 4.98. The molecule has 10 nitrogen and oxygen atoms in total. The average molecular weight is 620 g/mol. The van der Waals surface area contributed by atoms with Crippen LogP contribution in [0.1, 0.15) is 21.5 Å². The molecule has 3 aromatic carbocycles. The largest absolute Gasteiger partial charge is 0.454 e. The summed E-state index contributed by atoms with van der Waals surface area (Å²) in [5.74, 6) is 0.172. The number of rotatable bonds is 10. The number of imidazole rings is 1. The Morgan fingerprint density at radius 3 is 2.57 bits per heavy atom. The van der Waals surface area contributed by atoms with Gasteiger partial charge >= 0.3 is 0 Å². The lowest BCUT2D eigenvalue weighted by Crippen LogP contribution is -2.35. The van der Waals surface area contributed by atoms with Crippen molar-refractivity contribution in [3.63, 3.8) is 0 Å². The molecule has 0 spiro atoms. The van der Waals surface area contributed by atoms with Gasteiger partial charge in [-0.3, -0.25) is 4.79 Å². The van der Waals surface area contributed by atoms with E-state index in [4.69, 9.17) is 31.0 Å². The van der Waals surface area contributed by atoms with Crippen LogP contribution in [0.15, 0.2) is 67.0 Å². The molecule has 5 aromatic rings. The molecule has 0 unspecified atom stereocenters. The van der Waals surface area contributed by atoms with Gasteiger partial charge in [0.2, 0.25) is 12.7 Å². The molecule has 6 rings (SSSR count). The number of carbonyl (C=O) groups excluding carboxylic acids is 1. The van der Waals surface area contributed by atoms with Gasteiger partial charge in [0.25, 0.3) is 5.91 Å². The van der Waals surface area contributed by atoms with E-state index in [-0.39, 0.29) is 18.9 Å². The third kappa shape index (κ3) is 6.20. The first-order valence-electron chi connectivity index (χ1n) is 13.8. The fourth-order valence-electron chi connectivity index (χ4n) is 4.79. The number of hydrogen-bond donors (Lipinski definition) is 1. The Morgan fingerprint density at radius 1 is 1.00 bits per heavy atom. The molecule has 1 N–H and O–H groups in total. The first-order chi connectivity index (χ1) is 21.2. The topological polar surface area (TPSA) is 97.6 Å². The predicted molar refractivity (Wildman–Crippen MR) is 162 cm³/mol. The molecule has 0 radical (unpaired) electrons. The minimum atomic E-state index is -0.810. The van der Waals surface area contributed by atoms with E-state index in [9.17, 15) is 13.6 Å². The van der Waals surface area contributed by atoms with E-state index in [1.165, 1.54) is 4.90 Å². The molecule has 0 atom stereocenters. The minimum absolute atomic E-state index is 0.0659. The normalized spacial score (nSPS) is 12.0. The summed E-state index contributed by atoms with van der Waals surface area (Å²) >= 11 is 6.44. The van der Waals surface area contributed by atoms with E-state index in [0.717, 1.165) is 29.3 Å². The number of amides is 1. The average Bonchev–Trinajstić information content (AvgIpc) is 3.65. The van der Waals surface area contributed by atoms with Gasteiger partial charge in [0.05, 0.1) is 12.9 Å². The molecule has 1 amide bonds. The Balaban J connectivity index is 1.25. The molecule has 0 bridgehead atoms. The van der Waals surface area contributed by atoms with Crippen molar-refractivity contribution in [2.75, 3.05) is 44.2 Å². The summed E-state index contributed by atoms with van der Waals surface area (Å²) in [7, 11) is 3.37. The number of aromatic nitrogens is 4. The number of fused-ring (bicyclic) bond motifs is 2. The third-order valence-corrected chi connectivity index (χ3v) is 7.58. The zero-order chi connectivity index (χ0) is 30.8. The van der Waals surface area contributed by atoms with E-state index in [1.807, 2.05) is 47.0 Å². The van der Waals surface area contributed by atoms with E-state index < -0.39 is 17.5 Å². The lowest BCUT2D eigenvalue weighted by atomic mass is 10.2. The standard InChI is InChI=1S/C31H28ClF2N7O3/c1-39(30(42)21-12-22(33)14-23(34)13-21)9-10-40(2)31-37-28(35-15-19-7-8-25-26(11-19)44-18-43-25)27-29(38-31)41(17-36-27)16-20-5-3-4-6-24(20)32/h3-8,11-14,17H,9-10,15-16,18H2,1-2H3,(H,35,37,38). The minimum Gasteiger partial charge on any atom is -0.454 e. The van der Waals surface area contributed by atoms with Gasteiger partial charge < -0.3 is 29.2 Å². The third-order valence-electron chi connectivity index (χ3n) is 7.22. The van der Waals surface area contributed by atoms with Crippen molar-refractivity contribution in [1.29, 1.82) is 0 Å². The molecular weight excluding hydrogens is 592 g/mol. The van der Waals surface area contributed by atoms with Crippen LogP contribution in [0, 0.1) is 11.6 Å². The van der Waals surface area contributed by atoms with E-state index in [1.54, 1.807) is 25.3 Å². The van der Waals surface area contributed by atoms with Crippen LogP contribution in [-0.2, 0) is 13.1 Å². The van der Waals surface area contributed by atoms with Gasteiger partial charge in [0, 0.05) is 50.4 Å². The van der Waals surface area contributed by atoms with Gasteiger partial charge in [-0.25, -0.2) is 13.8 Å². The number of benzene rings is 3. The number of ether oxygens (including phenoxy) is 2. The number of hydrogen-bond acceptors (Lipinski definition) is 8. The monoisotopic (exact) mass is 619 g/mol. The summed E-state index contributed by atoms with van der Waals surface area (Å²) in [6.45, 7) is 1.65. The highest BCUT2D eigenvalue weighted by Crippen LogP contribution is 2.33. The summed E-state index contributed by atoms with van der Waals surface area (Å²) in [6, 6.07) is 16.0. The second-order valence-corrected chi connectivity index (χ2v) is 10.8. The van der Waals surface area contributed by atoms with Crippen molar-refractivity contribution < 1.29 is 23.0 Å². The molecule has 0 fully saturated rings. The summed E-state index contributed by atoms with van der Waals surface area (Å²) < 4.78 is 40.2. The van der Waals surface area contributed by atoms with Gasteiger partial charge in [-0.15, -0.1) is 0 Å². The maximum Gasteiger partial charge on any atom is 0.253 e. The molecule has 3 heterocycles. The molecular formula is C31H28ClF2N7O3. The Morgan fingerprint density at radius 2 is 1.77 bits per heavy atom. The first-order valence-corrected chi connectivity index (χ1v) is 14.1. The molecule has 0 saturated heterocycles. The fraction of sp³-hybridized carbons (Fsp3) is 0.226. The van der Waals surface area contributed by atoms with Crippen LogP contribution in [0.4, 0.5) is 20.5 Å². The first kappa shape index (κ1) is 29.1. The molecule has 2 aromatic heterocycles. The number of nitrogens with one attached hydrogen (secondary N) is 1. The van der Waals surface area contributed by atoms with Crippen molar-refractivity contribution in [3.8, 4) is 11.5 Å². The maximum absolute atomic E-state index is 13.7. The number of anilines is 2. The summed E-state index contributed by atoms with van der Waals surface area (Å²) in [5.41, 5.74) is 2.97. The number of halogens is 3. The zero-order valence-corrected chi connectivity index (χ0v) is 24.7. The molecule has 0 aliphatic carbocycles. The van der Waals surface area contributed by atoms with Crippen LogP contribution < -0.4 is 19.7 Å². The number of carbonyl (C=O) groups is 1. The SMILES string of the molecule is CN(CCN(C)c1nc(NCc2ccc3c(c2)OCO3)c2ncn(Cc3ccccc3Cl)c2n1)C(=O)c1cc(F)cc(F)c1. The van der Waals surface area contributed by atoms with Gasteiger partial charge in [-0.05, 0) is 41.5 Å². The summed E-state index contributed by atoms with van der Waals surface area (Å²) in [4.78, 5) is 30.2. The van der Waals surface area contributed by atoms with Crippen LogP contribution in [0.3, 0.4) is 0 Å². The molecule has 1 aliphatic heterocycles. The van der Waals surface area contributed by atoms with Crippen molar-refractivity contribution in [1.82, 2.24) is 24.4 Å². The lowest BCUT2D eigenvalue weighted by molar-refractivity contribution is 0.0797. The zero-order valence-electron chi connectivity index (χ0n) is 23.9.